The normalized spacial score (nSPS) is 15.8. The smallest absolute Gasteiger partial charge is 0.323 e. The fraction of sp³-hybridized carbons (Fsp3) is 0.429. The molecule has 2 saturated heterocycles. The molecule has 0 aliphatic carbocycles. The Morgan fingerprint density at radius 2 is 1.41 bits per heavy atom. The molecule has 1 aromatic carbocycles. The first-order valence-electron chi connectivity index (χ1n) is 13.9. The summed E-state index contributed by atoms with van der Waals surface area (Å²) in [4.78, 5) is 49.5. The van der Waals surface area contributed by atoms with E-state index in [1.54, 1.807) is 24.5 Å². The third-order valence-corrected chi connectivity index (χ3v) is 6.72. The monoisotopic (exact) mass is 560 g/mol. The zero-order valence-corrected chi connectivity index (χ0v) is 23.4. The van der Waals surface area contributed by atoms with E-state index in [1.165, 1.54) is 0 Å². The van der Waals surface area contributed by atoms with E-state index in [2.05, 4.69) is 30.7 Å². The van der Waals surface area contributed by atoms with Crippen LogP contribution in [0.25, 0.3) is 11.4 Å². The van der Waals surface area contributed by atoms with E-state index in [4.69, 9.17) is 19.7 Å². The van der Waals surface area contributed by atoms with Gasteiger partial charge in [0, 0.05) is 74.6 Å². The quantitative estimate of drug-likeness (QED) is 0.415. The van der Waals surface area contributed by atoms with Crippen molar-refractivity contribution in [1.29, 1.82) is 0 Å². The number of ether oxygens (including phenoxy) is 1. The Bertz CT molecular complexity index is 1320. The van der Waals surface area contributed by atoms with Crippen LogP contribution in [-0.2, 0) is 4.74 Å². The molecule has 2 aromatic heterocycles. The Hall–Kier alpha value is -4.52. The fourth-order valence-electron chi connectivity index (χ4n) is 4.62. The van der Waals surface area contributed by atoms with Crippen LogP contribution in [0.2, 0.25) is 0 Å². The van der Waals surface area contributed by atoms with Gasteiger partial charge in [-0.15, -0.1) is 0 Å². The predicted octanol–water partition coefficient (Wildman–Crippen LogP) is 3.04. The molecule has 0 unspecified atom stereocenters. The van der Waals surface area contributed by atoms with Gasteiger partial charge in [-0.1, -0.05) is 0 Å². The first-order valence-corrected chi connectivity index (χ1v) is 13.9. The lowest BCUT2D eigenvalue weighted by Gasteiger charge is -2.28. The molecular weight excluding hydrogens is 524 g/mol. The number of carbonyl (C=O) groups is 2. The average Bonchev–Trinajstić information content (AvgIpc) is 3.25. The van der Waals surface area contributed by atoms with Gasteiger partial charge in [0.15, 0.2) is 5.82 Å². The number of amides is 4. The second kappa shape index (κ2) is 13.2. The molecule has 3 aromatic rings. The Kier molecular flexibility index (Phi) is 9.04. The van der Waals surface area contributed by atoms with Crippen LogP contribution >= 0.6 is 0 Å². The maximum atomic E-state index is 12.6. The first kappa shape index (κ1) is 28.0. The number of aromatic nitrogens is 4. The molecule has 4 amide bonds. The predicted molar refractivity (Wildman–Crippen MR) is 157 cm³/mol. The van der Waals surface area contributed by atoms with E-state index in [0.717, 1.165) is 18.5 Å². The van der Waals surface area contributed by atoms with E-state index in [1.807, 2.05) is 43.0 Å². The second-order valence-corrected chi connectivity index (χ2v) is 10.2. The van der Waals surface area contributed by atoms with Crippen molar-refractivity contribution in [1.82, 2.24) is 30.2 Å². The van der Waals surface area contributed by atoms with Gasteiger partial charge in [0.2, 0.25) is 11.9 Å². The minimum absolute atomic E-state index is 0.0460. The third-order valence-electron chi connectivity index (χ3n) is 6.72. The van der Waals surface area contributed by atoms with Crippen molar-refractivity contribution in [3.8, 4) is 11.4 Å². The van der Waals surface area contributed by atoms with Gasteiger partial charge in [0.1, 0.15) is 0 Å². The van der Waals surface area contributed by atoms with Crippen molar-refractivity contribution in [2.45, 2.75) is 26.3 Å². The molecule has 13 nitrogen and oxygen atoms in total. The summed E-state index contributed by atoms with van der Waals surface area (Å²) in [7, 11) is 0. The topological polar surface area (TPSA) is 141 Å². The van der Waals surface area contributed by atoms with Crippen LogP contribution < -0.4 is 25.8 Å². The molecular formula is C28H36N10O3. The molecule has 4 heterocycles. The molecule has 41 heavy (non-hydrogen) atoms. The summed E-state index contributed by atoms with van der Waals surface area (Å²) in [5.41, 5.74) is 2.09. The molecule has 0 atom stereocenters. The number of anilines is 4. The molecule has 2 fully saturated rings. The second-order valence-electron chi connectivity index (χ2n) is 10.2. The van der Waals surface area contributed by atoms with Crippen LogP contribution in [0.3, 0.4) is 0 Å². The van der Waals surface area contributed by atoms with Gasteiger partial charge in [-0.25, -0.2) is 9.59 Å². The summed E-state index contributed by atoms with van der Waals surface area (Å²) in [5, 5.41) is 8.59. The van der Waals surface area contributed by atoms with Gasteiger partial charge >= 0.3 is 12.1 Å². The lowest BCUT2D eigenvalue weighted by atomic mass is 10.2. The van der Waals surface area contributed by atoms with Crippen molar-refractivity contribution in [2.75, 3.05) is 72.9 Å². The summed E-state index contributed by atoms with van der Waals surface area (Å²) < 4.78 is 5.53. The van der Waals surface area contributed by atoms with Gasteiger partial charge in [-0.05, 0) is 56.7 Å². The highest BCUT2D eigenvalue weighted by atomic mass is 16.5. The Morgan fingerprint density at radius 1 is 0.780 bits per heavy atom. The maximum Gasteiger partial charge on any atom is 0.323 e. The molecule has 0 bridgehead atoms. The zero-order chi connectivity index (χ0) is 28.6. The van der Waals surface area contributed by atoms with Gasteiger partial charge < -0.3 is 35.4 Å². The van der Waals surface area contributed by atoms with Gasteiger partial charge in [-0.3, -0.25) is 4.98 Å². The first-order chi connectivity index (χ1) is 19.9. The summed E-state index contributed by atoms with van der Waals surface area (Å²) in [6, 6.07) is 10.5. The number of hydrogen-bond acceptors (Lipinski definition) is 9. The van der Waals surface area contributed by atoms with Crippen LogP contribution in [0.4, 0.5) is 32.9 Å². The molecule has 3 N–H and O–H groups in total. The molecule has 13 heteroatoms. The van der Waals surface area contributed by atoms with E-state index >= 15 is 0 Å². The number of carbonyl (C=O) groups excluding carboxylic acids is 2. The van der Waals surface area contributed by atoms with Gasteiger partial charge in [0.25, 0.3) is 0 Å². The number of benzene rings is 1. The van der Waals surface area contributed by atoms with Crippen molar-refractivity contribution in [3.63, 3.8) is 0 Å². The molecule has 0 saturated carbocycles. The Balaban J connectivity index is 1.34. The Labute approximate surface area is 239 Å². The van der Waals surface area contributed by atoms with E-state index in [0.29, 0.717) is 75.0 Å². The third kappa shape index (κ3) is 7.57. The number of nitrogens with one attached hydrogen (secondary N) is 3. The average molecular weight is 561 g/mol. The highest BCUT2D eigenvalue weighted by Crippen LogP contribution is 2.24. The minimum atomic E-state index is -0.349. The zero-order valence-electron chi connectivity index (χ0n) is 23.4. The lowest BCUT2D eigenvalue weighted by Crippen LogP contribution is -2.44. The summed E-state index contributed by atoms with van der Waals surface area (Å²) in [5.74, 6) is 1.73. The van der Waals surface area contributed by atoms with E-state index < -0.39 is 0 Å². The lowest BCUT2D eigenvalue weighted by molar-refractivity contribution is 0.122. The summed E-state index contributed by atoms with van der Waals surface area (Å²) >= 11 is 0. The number of hydrogen-bond donors (Lipinski definition) is 3. The van der Waals surface area contributed by atoms with Crippen LogP contribution in [0.5, 0.6) is 0 Å². The largest absolute Gasteiger partial charge is 0.378 e. The molecule has 2 aliphatic heterocycles. The van der Waals surface area contributed by atoms with Gasteiger partial charge in [0.05, 0.1) is 13.2 Å². The SMILES string of the molecule is CC(C)NC(=O)N1CCCN(c2nc(-c3ccc(NC(=O)Nc4ccncc4)cc3)nc(N3CCOCC3)n2)CC1. The number of nitrogens with zero attached hydrogens (tertiary/aromatic N) is 7. The van der Waals surface area contributed by atoms with Crippen molar-refractivity contribution in [3.05, 3.63) is 48.8 Å². The number of urea groups is 2. The highest BCUT2D eigenvalue weighted by molar-refractivity contribution is 5.99. The number of morpholine rings is 1. The van der Waals surface area contributed by atoms with Crippen LogP contribution in [0, 0.1) is 0 Å². The van der Waals surface area contributed by atoms with Gasteiger partial charge in [-0.2, -0.15) is 15.0 Å². The molecule has 2 aliphatic rings. The van der Waals surface area contributed by atoms with E-state index in [-0.39, 0.29) is 18.1 Å². The number of pyridine rings is 1. The van der Waals surface area contributed by atoms with E-state index in [9.17, 15) is 9.59 Å². The molecule has 216 valence electrons. The van der Waals surface area contributed by atoms with Crippen molar-refractivity contribution >= 4 is 35.3 Å². The maximum absolute atomic E-state index is 12.6. The summed E-state index contributed by atoms with van der Waals surface area (Å²) in [6.07, 6.45) is 4.04. The van der Waals surface area contributed by atoms with Crippen LogP contribution in [0.15, 0.2) is 48.8 Å². The number of rotatable bonds is 6. The Morgan fingerprint density at radius 3 is 2.07 bits per heavy atom. The summed E-state index contributed by atoms with van der Waals surface area (Å²) in [6.45, 7) is 9.14. The standard InChI is InChI=1S/C28H36N10O3/c1-20(2)30-28(40)38-13-3-12-36(14-15-38)25-33-24(34-26(35-25)37-16-18-41-19-17-37)21-4-6-22(7-5-21)31-27(39)32-23-8-10-29-11-9-23/h4-11,20H,3,12-19H2,1-2H3,(H,30,40)(H2,29,31,32,39). The molecule has 5 rings (SSSR count). The minimum Gasteiger partial charge on any atom is -0.378 e. The fourth-order valence-corrected chi connectivity index (χ4v) is 4.62. The van der Waals surface area contributed by atoms with Crippen LogP contribution in [0.1, 0.15) is 20.3 Å². The van der Waals surface area contributed by atoms with Crippen molar-refractivity contribution in [2.24, 2.45) is 0 Å². The molecule has 0 radical (unpaired) electrons. The molecule has 0 spiro atoms. The van der Waals surface area contributed by atoms with Crippen LogP contribution in [-0.4, -0.2) is 95.4 Å². The van der Waals surface area contributed by atoms with Crippen molar-refractivity contribution < 1.29 is 14.3 Å². The highest BCUT2D eigenvalue weighted by Gasteiger charge is 2.24.